The Morgan fingerprint density at radius 3 is 2.39 bits per heavy atom. The molecule has 0 amide bonds. The molecule has 3 rings (SSSR count). The molecule has 0 radical (unpaired) electrons. The summed E-state index contributed by atoms with van der Waals surface area (Å²) >= 11 is 19.3. The largest absolute Gasteiger partial charge is 0.366 e. The molecule has 0 bridgehead atoms. The molecule has 1 unspecified atom stereocenters. The highest BCUT2D eigenvalue weighted by Crippen LogP contribution is 2.38. The summed E-state index contributed by atoms with van der Waals surface area (Å²) in [5.41, 5.74) is 0.835. The summed E-state index contributed by atoms with van der Waals surface area (Å²) in [6, 6.07) is 8.71. The summed E-state index contributed by atoms with van der Waals surface area (Å²) in [6.45, 7) is 4.50. The normalized spacial score (nSPS) is 17.7. The van der Waals surface area contributed by atoms with Crippen LogP contribution in [0.1, 0.15) is 52.4 Å². The van der Waals surface area contributed by atoms with Crippen LogP contribution >= 0.6 is 34.8 Å². The zero-order valence-electron chi connectivity index (χ0n) is 20.8. The molecule has 0 aromatic heterocycles. The van der Waals surface area contributed by atoms with E-state index in [1.165, 1.54) is 16.6 Å². The lowest BCUT2D eigenvalue weighted by Crippen LogP contribution is -2.44. The molecular weight excluding hydrogens is 563 g/mol. The molecule has 1 aliphatic heterocycles. The highest BCUT2D eigenvalue weighted by molar-refractivity contribution is 7.93. The zero-order valence-corrected chi connectivity index (χ0v) is 24.7. The van der Waals surface area contributed by atoms with Gasteiger partial charge in [0, 0.05) is 29.9 Å². The lowest BCUT2D eigenvalue weighted by molar-refractivity contribution is 0.480. The number of sulfone groups is 1. The first-order valence-corrected chi connectivity index (χ1v) is 16.7. The SMILES string of the molecule is CCCC[C@@H](C)N(c1cc(Cl)ccc1Cl)S(=O)(=O)c1ccc(Cl)c(N2CCCCC2CS(C)(=O)=O)c1. The molecule has 2 aromatic rings. The predicted octanol–water partition coefficient (Wildman–Crippen LogP) is 6.82. The van der Waals surface area contributed by atoms with E-state index in [1.807, 2.05) is 11.8 Å². The van der Waals surface area contributed by atoms with Crippen LogP contribution in [0.15, 0.2) is 41.3 Å². The third kappa shape index (κ3) is 7.01. The van der Waals surface area contributed by atoms with Crippen LogP contribution < -0.4 is 9.21 Å². The highest BCUT2D eigenvalue weighted by Gasteiger charge is 2.33. The van der Waals surface area contributed by atoms with E-state index in [2.05, 4.69) is 6.92 Å². The smallest absolute Gasteiger partial charge is 0.264 e. The molecule has 0 spiro atoms. The van der Waals surface area contributed by atoms with Crippen LogP contribution in [0.4, 0.5) is 11.4 Å². The van der Waals surface area contributed by atoms with Crippen molar-refractivity contribution in [1.29, 1.82) is 0 Å². The second kappa shape index (κ2) is 12.1. The van der Waals surface area contributed by atoms with E-state index in [-0.39, 0.29) is 27.8 Å². The van der Waals surface area contributed by atoms with Crippen molar-refractivity contribution in [2.75, 3.05) is 27.8 Å². The van der Waals surface area contributed by atoms with Gasteiger partial charge in [-0.15, -0.1) is 0 Å². The number of benzene rings is 2. The van der Waals surface area contributed by atoms with Crippen LogP contribution in [0.5, 0.6) is 0 Å². The third-order valence-electron chi connectivity index (χ3n) is 6.43. The summed E-state index contributed by atoms with van der Waals surface area (Å²) in [7, 11) is -7.30. The highest BCUT2D eigenvalue weighted by atomic mass is 35.5. The van der Waals surface area contributed by atoms with Crippen LogP contribution in [0.2, 0.25) is 15.1 Å². The van der Waals surface area contributed by atoms with Gasteiger partial charge in [0.2, 0.25) is 0 Å². The molecule has 11 heteroatoms. The third-order valence-corrected chi connectivity index (χ3v) is 10.2. The molecule has 200 valence electrons. The fraction of sp³-hybridized carbons (Fsp3) is 0.520. The Bertz CT molecular complexity index is 1290. The molecule has 1 saturated heterocycles. The van der Waals surface area contributed by atoms with Crippen LogP contribution in [-0.4, -0.2) is 47.5 Å². The number of unbranched alkanes of at least 4 members (excludes halogenated alkanes) is 1. The van der Waals surface area contributed by atoms with Gasteiger partial charge in [0.15, 0.2) is 0 Å². The minimum atomic E-state index is -4.07. The molecule has 6 nitrogen and oxygen atoms in total. The van der Waals surface area contributed by atoms with Crippen LogP contribution in [0, 0.1) is 0 Å². The summed E-state index contributed by atoms with van der Waals surface area (Å²) in [6.07, 6.45) is 6.09. The molecule has 0 aliphatic carbocycles. The van der Waals surface area contributed by atoms with Crippen molar-refractivity contribution in [3.05, 3.63) is 51.5 Å². The number of rotatable bonds is 10. The van der Waals surface area contributed by atoms with Gasteiger partial charge in [0.25, 0.3) is 10.0 Å². The van der Waals surface area contributed by atoms with Gasteiger partial charge in [0.1, 0.15) is 9.84 Å². The summed E-state index contributed by atoms with van der Waals surface area (Å²) in [5.74, 6) is -0.0153. The number of hydrogen-bond donors (Lipinski definition) is 0. The first kappa shape index (κ1) is 29.4. The van der Waals surface area contributed by atoms with E-state index < -0.39 is 19.9 Å². The first-order chi connectivity index (χ1) is 16.8. The number of halogens is 3. The minimum absolute atomic E-state index is 0.0153. The van der Waals surface area contributed by atoms with Crippen molar-refractivity contribution in [3.63, 3.8) is 0 Å². The number of piperidine rings is 1. The van der Waals surface area contributed by atoms with Crippen LogP contribution in [-0.2, 0) is 19.9 Å². The van der Waals surface area contributed by atoms with Gasteiger partial charge in [-0.05, 0) is 69.0 Å². The van der Waals surface area contributed by atoms with Crippen LogP contribution in [0.25, 0.3) is 0 Å². The Hall–Kier alpha value is -1.19. The van der Waals surface area contributed by atoms with Gasteiger partial charge in [-0.1, -0.05) is 54.6 Å². The van der Waals surface area contributed by atoms with Crippen molar-refractivity contribution in [2.45, 2.75) is 69.4 Å². The van der Waals surface area contributed by atoms with E-state index in [4.69, 9.17) is 34.8 Å². The molecular formula is C25H33Cl3N2O4S2. The van der Waals surface area contributed by atoms with Gasteiger partial charge < -0.3 is 4.90 Å². The Morgan fingerprint density at radius 2 is 1.72 bits per heavy atom. The molecule has 36 heavy (non-hydrogen) atoms. The molecule has 1 fully saturated rings. The first-order valence-electron chi connectivity index (χ1n) is 12.1. The van der Waals surface area contributed by atoms with E-state index in [1.54, 1.807) is 30.3 Å². The average molecular weight is 596 g/mol. The van der Waals surface area contributed by atoms with Crippen molar-refractivity contribution in [3.8, 4) is 0 Å². The van der Waals surface area contributed by atoms with Crippen molar-refractivity contribution in [1.82, 2.24) is 0 Å². The van der Waals surface area contributed by atoms with Gasteiger partial charge in [0.05, 0.1) is 32.1 Å². The van der Waals surface area contributed by atoms with Crippen LogP contribution in [0.3, 0.4) is 0 Å². The second-order valence-electron chi connectivity index (χ2n) is 9.44. The Kier molecular flexibility index (Phi) is 9.88. The van der Waals surface area contributed by atoms with Crippen molar-refractivity contribution < 1.29 is 16.8 Å². The Labute approximate surface area is 230 Å². The summed E-state index contributed by atoms with van der Waals surface area (Å²) in [5, 5.41) is 1.04. The Morgan fingerprint density at radius 1 is 1.03 bits per heavy atom. The van der Waals surface area contributed by atoms with Crippen molar-refractivity contribution in [2.24, 2.45) is 0 Å². The van der Waals surface area contributed by atoms with Gasteiger partial charge in [-0.25, -0.2) is 16.8 Å². The summed E-state index contributed by atoms with van der Waals surface area (Å²) < 4.78 is 53.7. The molecule has 0 saturated carbocycles. The van der Waals surface area contributed by atoms with Gasteiger partial charge in [-0.3, -0.25) is 4.31 Å². The van der Waals surface area contributed by atoms with E-state index >= 15 is 0 Å². The summed E-state index contributed by atoms with van der Waals surface area (Å²) in [4.78, 5) is 1.99. The lowest BCUT2D eigenvalue weighted by atomic mass is 10.0. The zero-order chi connectivity index (χ0) is 26.7. The molecule has 1 aliphatic rings. The maximum Gasteiger partial charge on any atom is 0.264 e. The molecule has 0 N–H and O–H groups in total. The van der Waals surface area contributed by atoms with E-state index in [0.29, 0.717) is 40.8 Å². The monoisotopic (exact) mass is 594 g/mol. The average Bonchev–Trinajstić information content (AvgIpc) is 2.79. The van der Waals surface area contributed by atoms with Gasteiger partial charge >= 0.3 is 0 Å². The molecule has 2 aromatic carbocycles. The maximum atomic E-state index is 14.1. The number of anilines is 2. The van der Waals surface area contributed by atoms with Crippen molar-refractivity contribution >= 4 is 66.0 Å². The number of sulfonamides is 1. The quantitative estimate of drug-likeness (QED) is 0.301. The second-order valence-corrected chi connectivity index (χ2v) is 14.7. The van der Waals surface area contributed by atoms with E-state index in [0.717, 1.165) is 25.7 Å². The minimum Gasteiger partial charge on any atom is -0.366 e. The standard InChI is InChI=1S/C25H33Cl3N2O4S2/c1-4-5-8-18(2)30(25-15-19(26)10-12-23(25)28)36(33,34)21-11-13-22(27)24(16-21)29-14-7-6-9-20(29)17-35(3,31)32/h10-13,15-16,18,20H,4-9,14,17H2,1-3H3/t18-,20?/m1/s1. The Balaban J connectivity index is 2.11. The maximum absolute atomic E-state index is 14.1. The molecule has 2 atom stereocenters. The fourth-order valence-corrected chi connectivity index (χ4v) is 8.12. The number of nitrogens with zero attached hydrogens (tertiary/aromatic N) is 2. The lowest BCUT2D eigenvalue weighted by Gasteiger charge is -2.38. The topological polar surface area (TPSA) is 74.8 Å². The predicted molar refractivity (Wildman–Crippen MR) is 151 cm³/mol. The van der Waals surface area contributed by atoms with E-state index in [9.17, 15) is 16.8 Å². The number of hydrogen-bond acceptors (Lipinski definition) is 5. The molecule has 1 heterocycles. The fourth-order valence-electron chi connectivity index (χ4n) is 4.70. The van der Waals surface area contributed by atoms with Gasteiger partial charge in [-0.2, -0.15) is 0 Å².